The Kier molecular flexibility index (Phi) is 3.83. The predicted octanol–water partition coefficient (Wildman–Crippen LogP) is 1.51. The third-order valence-electron chi connectivity index (χ3n) is 0.300. The van der Waals surface area contributed by atoms with Crippen LogP contribution in [0.4, 0.5) is 0 Å². The van der Waals surface area contributed by atoms with E-state index in [9.17, 15) is 0 Å². The molecule has 0 saturated carbocycles. The van der Waals surface area contributed by atoms with Crippen molar-refractivity contribution in [3.05, 3.63) is 0 Å². The average molecular weight is 166 g/mol. The molecular formula is C8H22N2O. The van der Waals surface area contributed by atoms with Crippen LogP contribution in [0.25, 0.3) is 0 Å². The van der Waals surface area contributed by atoms with E-state index < -0.39 is 5.54 Å². The number of nitrogens with one attached hydrogen (secondary N) is 1. The highest BCUT2D eigenvalue weighted by atomic mass is 16.5. The minimum Gasteiger partial charge on any atom is -0.326 e. The Morgan fingerprint density at radius 1 is 1.27 bits per heavy atom. The summed E-state index contributed by atoms with van der Waals surface area (Å²) in [4.78, 5) is 0. The molecule has 0 aliphatic heterocycles. The summed E-state index contributed by atoms with van der Waals surface area (Å²) in [5.41, 5.74) is 2.31. The van der Waals surface area contributed by atoms with Crippen molar-refractivity contribution in [2.24, 2.45) is 5.73 Å². The van der Waals surface area contributed by atoms with Crippen molar-refractivity contribution < 1.29 is 8.03 Å². The van der Waals surface area contributed by atoms with E-state index in [0.717, 1.165) is 0 Å². The van der Waals surface area contributed by atoms with Crippen LogP contribution in [0.15, 0.2) is 0 Å². The standard InChI is InChI=1S/C4H11NO.C4H11N/c1-4(2,3)5-6;1-4(2,3)5/h5-6H,1-3H3;5H2,1-3H3/i/hT2. The highest BCUT2D eigenvalue weighted by Crippen LogP contribution is 1.93. The summed E-state index contributed by atoms with van der Waals surface area (Å²) in [6.45, 7) is 11.1. The second-order valence-electron chi connectivity index (χ2n) is 4.52. The minimum absolute atomic E-state index is 0.0417. The molecule has 0 fully saturated rings. The van der Waals surface area contributed by atoms with Gasteiger partial charge in [0.25, 0.3) is 0 Å². The van der Waals surface area contributed by atoms with Crippen molar-refractivity contribution in [3.8, 4) is 0 Å². The highest BCUT2D eigenvalue weighted by molar-refractivity contribution is 4.62. The van der Waals surface area contributed by atoms with Crippen molar-refractivity contribution in [3.63, 3.8) is 0 Å². The van der Waals surface area contributed by atoms with Crippen LogP contribution in [0.2, 0.25) is 2.82 Å². The summed E-state index contributed by atoms with van der Waals surface area (Å²) in [5, 5.41) is 8.39. The molecule has 0 amide bonds. The molecule has 4 N–H and O–H groups in total. The van der Waals surface area contributed by atoms with Crippen LogP contribution < -0.4 is 11.2 Å². The molecule has 0 aliphatic carbocycles. The molecule has 0 aromatic rings. The minimum atomic E-state index is -0.444. The summed E-state index contributed by atoms with van der Waals surface area (Å²) in [7, 11) is 0. The van der Waals surface area contributed by atoms with Gasteiger partial charge in [-0.15, -0.1) is 0 Å². The molecule has 0 spiro atoms. The van der Waals surface area contributed by atoms with Crippen LogP contribution in [0.1, 0.15) is 41.5 Å². The van der Waals surface area contributed by atoms with Crippen LogP contribution in [0, 0.1) is 0 Å². The van der Waals surface area contributed by atoms with Crippen molar-refractivity contribution in [1.29, 1.82) is 0 Å². The molecule has 70 valence electrons. The summed E-state index contributed by atoms with van der Waals surface area (Å²) < 4.78 is 13.2. The van der Waals surface area contributed by atoms with E-state index in [4.69, 9.17) is 8.03 Å². The van der Waals surface area contributed by atoms with Crippen LogP contribution in [0.3, 0.4) is 0 Å². The molecule has 0 heterocycles. The molecule has 0 aromatic carbocycles. The Morgan fingerprint density at radius 3 is 1.45 bits per heavy atom. The SMILES string of the molecule is [3H]N(O)C(C)(C)C.[3H]NC(C)(C)C. The summed E-state index contributed by atoms with van der Waals surface area (Å²) >= 11 is 0. The predicted molar refractivity (Wildman–Crippen MR) is 48.6 cm³/mol. The van der Waals surface area contributed by atoms with Crippen LogP contribution in [-0.2, 0) is 0 Å². The fourth-order valence-electron chi connectivity index (χ4n) is 0. The third kappa shape index (κ3) is 74.0. The van der Waals surface area contributed by atoms with Gasteiger partial charge in [-0.2, -0.15) is 0 Å². The first-order chi connectivity index (χ1) is 5.50. The molecule has 0 aromatic heterocycles. The lowest BCUT2D eigenvalue weighted by Crippen LogP contribution is -2.32. The fourth-order valence-corrected chi connectivity index (χ4v) is 0. The Bertz CT molecular complexity index is 127. The second-order valence-corrected chi connectivity index (χ2v) is 4.52. The maximum atomic E-state index is 8.39. The number of hydrogen-bond donors (Lipinski definition) is 3. The molecule has 0 rings (SSSR count). The van der Waals surface area contributed by atoms with Gasteiger partial charge in [0.15, 0.2) is 1.41 Å². The van der Waals surface area contributed by atoms with E-state index in [1.54, 1.807) is 20.8 Å². The number of hydrogen-bond acceptors (Lipinski definition) is 3. The van der Waals surface area contributed by atoms with Gasteiger partial charge in [0.05, 0.1) is 0 Å². The normalized spacial score (nSPS) is 14.9. The van der Waals surface area contributed by atoms with Gasteiger partial charge in [-0.05, 0) is 41.5 Å². The molecule has 11 heavy (non-hydrogen) atoms. The van der Waals surface area contributed by atoms with Gasteiger partial charge in [0.1, 0.15) is 1.41 Å². The summed E-state index contributed by atoms with van der Waals surface area (Å²) in [6, 6.07) is 0. The largest absolute Gasteiger partial charge is 0.326 e. The Morgan fingerprint density at radius 2 is 1.45 bits per heavy atom. The van der Waals surface area contributed by atoms with Gasteiger partial charge in [-0.25, -0.2) is 5.47 Å². The first-order valence-corrected chi connectivity index (χ1v) is 3.67. The van der Waals surface area contributed by atoms with Gasteiger partial charge in [-0.1, -0.05) is 0 Å². The van der Waals surface area contributed by atoms with E-state index >= 15 is 0 Å². The third-order valence-corrected chi connectivity index (χ3v) is 0.300. The van der Waals surface area contributed by atoms with Crippen molar-refractivity contribution >= 4 is 0 Å². The molecule has 0 radical (unpaired) electrons. The van der Waals surface area contributed by atoms with Crippen LogP contribution in [0.5, 0.6) is 0 Å². The monoisotopic (exact) mass is 166 g/mol. The number of rotatable bonds is 0. The van der Waals surface area contributed by atoms with E-state index in [1.807, 2.05) is 20.8 Å². The quantitative estimate of drug-likeness (QED) is 0.478. The molecule has 0 atom stereocenters. The number of hydroxylamine groups is 1. The van der Waals surface area contributed by atoms with Crippen molar-refractivity contribution in [2.75, 3.05) is 0 Å². The van der Waals surface area contributed by atoms with Crippen LogP contribution in [-0.4, -0.2) is 16.3 Å². The molecular weight excluding hydrogens is 140 g/mol. The lowest BCUT2D eigenvalue weighted by atomic mass is 10.1. The molecule has 3 heteroatoms. The lowest BCUT2D eigenvalue weighted by Gasteiger charge is -2.13. The van der Waals surface area contributed by atoms with E-state index in [0.29, 0.717) is 5.47 Å². The van der Waals surface area contributed by atoms with Gasteiger partial charge < -0.3 is 10.9 Å². The number of nitrogens with two attached hydrogens (primary N) is 1. The average Bonchev–Trinajstić information content (AvgIpc) is 1.85. The van der Waals surface area contributed by atoms with E-state index in [1.165, 1.54) is 0 Å². The zero-order valence-electron chi connectivity index (χ0n) is 10.4. The maximum Gasteiger partial charge on any atom is 0.155 e. The van der Waals surface area contributed by atoms with Gasteiger partial charge in [-0.3, -0.25) is 0 Å². The maximum absolute atomic E-state index is 8.39. The van der Waals surface area contributed by atoms with Gasteiger partial charge in [0, 0.05) is 11.1 Å². The molecule has 0 saturated heterocycles. The van der Waals surface area contributed by atoms with Crippen molar-refractivity contribution in [2.45, 2.75) is 52.6 Å². The fraction of sp³-hybridized carbons (Fsp3) is 1.00. The van der Waals surface area contributed by atoms with E-state index in [2.05, 4.69) is 5.73 Å². The first kappa shape index (κ1) is 8.97. The summed E-state index contributed by atoms with van der Waals surface area (Å²) in [6.07, 6.45) is 0. The Hall–Kier alpha value is -0.120. The summed E-state index contributed by atoms with van der Waals surface area (Å²) in [5.74, 6) is 0. The highest BCUT2D eigenvalue weighted by Gasteiger charge is 2.03. The Balaban J connectivity index is 0. The zero-order valence-corrected chi connectivity index (χ0v) is 8.39. The lowest BCUT2D eigenvalue weighted by molar-refractivity contribution is 0.0918. The zero-order chi connectivity index (χ0) is 11.3. The molecule has 0 aliphatic rings. The van der Waals surface area contributed by atoms with Crippen molar-refractivity contribution in [1.82, 2.24) is 5.47 Å². The molecule has 0 unspecified atom stereocenters. The smallest absolute Gasteiger partial charge is 0.155 e. The second kappa shape index (κ2) is 4.70. The topological polar surface area (TPSA) is 58.3 Å². The Labute approximate surface area is 72.9 Å². The van der Waals surface area contributed by atoms with Gasteiger partial charge >= 0.3 is 0 Å². The van der Waals surface area contributed by atoms with Gasteiger partial charge in [0.2, 0.25) is 0 Å². The van der Waals surface area contributed by atoms with Crippen LogP contribution >= 0.6 is 0 Å². The first-order valence-electron chi connectivity index (χ1n) is 4.62. The molecule has 0 bridgehead atoms. The van der Waals surface area contributed by atoms with E-state index in [-0.39, 0.29) is 5.54 Å². The molecule has 3 nitrogen and oxygen atoms in total.